The second-order valence-electron chi connectivity index (χ2n) is 6.62. The fourth-order valence-electron chi connectivity index (χ4n) is 3.55. The fraction of sp³-hybridized carbons (Fsp3) is 0.526. The highest BCUT2D eigenvalue weighted by atomic mass is 16.3. The third-order valence-corrected chi connectivity index (χ3v) is 4.95. The molecule has 0 spiro atoms. The molecule has 1 amide bonds. The van der Waals surface area contributed by atoms with E-state index in [0.29, 0.717) is 18.0 Å². The molecular weight excluding hydrogens is 302 g/mol. The number of aromatic nitrogens is 1. The van der Waals surface area contributed by atoms with Crippen molar-refractivity contribution in [3.8, 4) is 0 Å². The average Bonchev–Trinajstić information content (AvgIpc) is 3.04. The van der Waals surface area contributed by atoms with Crippen LogP contribution in [0.1, 0.15) is 30.1 Å². The molecule has 1 aliphatic heterocycles. The zero-order chi connectivity index (χ0) is 16.9. The van der Waals surface area contributed by atoms with Gasteiger partial charge in [0.1, 0.15) is 0 Å². The van der Waals surface area contributed by atoms with E-state index < -0.39 is 0 Å². The van der Waals surface area contributed by atoms with Gasteiger partial charge in [0.25, 0.3) is 5.91 Å². The maximum absolute atomic E-state index is 12.4. The van der Waals surface area contributed by atoms with Gasteiger partial charge in [-0.2, -0.15) is 0 Å². The summed E-state index contributed by atoms with van der Waals surface area (Å²) in [6.45, 7) is 6.79. The minimum absolute atomic E-state index is 0.0168. The lowest BCUT2D eigenvalue weighted by molar-refractivity contribution is 0.0931. The summed E-state index contributed by atoms with van der Waals surface area (Å²) in [5, 5.41) is 13.4. The first kappa shape index (κ1) is 17.0. The monoisotopic (exact) mass is 329 g/mol. The Morgan fingerprint density at radius 2 is 2.25 bits per heavy atom. The predicted molar refractivity (Wildman–Crippen MR) is 96.2 cm³/mol. The van der Waals surface area contributed by atoms with Gasteiger partial charge in [-0.15, -0.1) is 0 Å². The Labute approximate surface area is 143 Å². The van der Waals surface area contributed by atoms with Crippen LogP contribution in [0.4, 0.5) is 0 Å². The number of rotatable bonds is 6. The Hall–Kier alpha value is -1.85. The Bertz CT molecular complexity index is 695. The summed E-state index contributed by atoms with van der Waals surface area (Å²) in [6.07, 6.45) is 4.29. The summed E-state index contributed by atoms with van der Waals surface area (Å²) in [5.41, 5.74) is 1.88. The molecule has 2 aromatic rings. The van der Waals surface area contributed by atoms with E-state index in [-0.39, 0.29) is 12.5 Å². The molecule has 5 heteroatoms. The second-order valence-corrected chi connectivity index (χ2v) is 6.62. The van der Waals surface area contributed by atoms with Gasteiger partial charge < -0.3 is 19.9 Å². The molecule has 2 N–H and O–H groups in total. The van der Waals surface area contributed by atoms with E-state index in [4.69, 9.17) is 0 Å². The summed E-state index contributed by atoms with van der Waals surface area (Å²) >= 11 is 0. The number of aliphatic hydroxyl groups is 1. The smallest absolute Gasteiger partial charge is 0.251 e. The molecule has 1 aromatic carbocycles. The Morgan fingerprint density at radius 3 is 3.04 bits per heavy atom. The van der Waals surface area contributed by atoms with Crippen LogP contribution in [0.5, 0.6) is 0 Å². The van der Waals surface area contributed by atoms with Crippen molar-refractivity contribution in [2.75, 3.05) is 32.8 Å². The van der Waals surface area contributed by atoms with Crippen molar-refractivity contribution in [2.45, 2.75) is 26.3 Å². The highest BCUT2D eigenvalue weighted by Gasteiger charge is 2.18. The van der Waals surface area contributed by atoms with Crippen LogP contribution in [0.15, 0.2) is 30.5 Å². The molecule has 0 bridgehead atoms. The van der Waals surface area contributed by atoms with E-state index in [1.54, 1.807) is 0 Å². The zero-order valence-corrected chi connectivity index (χ0v) is 14.4. The molecule has 1 fully saturated rings. The van der Waals surface area contributed by atoms with Gasteiger partial charge in [0.05, 0.1) is 0 Å². The highest BCUT2D eigenvalue weighted by Crippen LogP contribution is 2.18. The van der Waals surface area contributed by atoms with Crippen molar-refractivity contribution < 1.29 is 9.90 Å². The van der Waals surface area contributed by atoms with E-state index in [2.05, 4.69) is 34.0 Å². The SMILES string of the molecule is CCn1ccc2cc(C(=O)NCCN3CCC[C@H](CO)C3)ccc21. The van der Waals surface area contributed by atoms with Crippen LogP contribution in [-0.2, 0) is 6.54 Å². The number of aryl methyl sites for hydroxylation is 1. The molecule has 1 saturated heterocycles. The quantitative estimate of drug-likeness (QED) is 0.853. The first-order chi connectivity index (χ1) is 11.7. The molecule has 1 aliphatic rings. The number of amides is 1. The van der Waals surface area contributed by atoms with Gasteiger partial charge in [0.15, 0.2) is 0 Å². The Kier molecular flexibility index (Phi) is 5.53. The zero-order valence-electron chi connectivity index (χ0n) is 14.4. The number of aliphatic hydroxyl groups excluding tert-OH is 1. The van der Waals surface area contributed by atoms with Crippen molar-refractivity contribution in [3.63, 3.8) is 0 Å². The minimum atomic E-state index is -0.0168. The number of fused-ring (bicyclic) bond motifs is 1. The molecule has 0 unspecified atom stereocenters. The summed E-state index contributed by atoms with van der Waals surface area (Å²) < 4.78 is 2.17. The first-order valence-electron chi connectivity index (χ1n) is 8.91. The van der Waals surface area contributed by atoms with Crippen molar-refractivity contribution in [3.05, 3.63) is 36.0 Å². The average molecular weight is 329 g/mol. The van der Waals surface area contributed by atoms with E-state index in [1.165, 1.54) is 0 Å². The van der Waals surface area contributed by atoms with Crippen LogP contribution in [-0.4, -0.2) is 53.3 Å². The summed E-state index contributed by atoms with van der Waals surface area (Å²) in [7, 11) is 0. The third-order valence-electron chi connectivity index (χ3n) is 4.95. The van der Waals surface area contributed by atoms with Crippen LogP contribution in [0.3, 0.4) is 0 Å². The number of carbonyl (C=O) groups is 1. The molecule has 3 rings (SSSR count). The van der Waals surface area contributed by atoms with Crippen LogP contribution >= 0.6 is 0 Å². The molecule has 5 nitrogen and oxygen atoms in total. The fourth-order valence-corrected chi connectivity index (χ4v) is 3.55. The Balaban J connectivity index is 1.53. The maximum Gasteiger partial charge on any atom is 0.251 e. The number of piperidine rings is 1. The normalized spacial score (nSPS) is 18.8. The van der Waals surface area contributed by atoms with Crippen molar-refractivity contribution in [1.29, 1.82) is 0 Å². The number of nitrogens with one attached hydrogen (secondary N) is 1. The number of nitrogens with zero attached hydrogens (tertiary/aromatic N) is 2. The molecule has 130 valence electrons. The maximum atomic E-state index is 12.4. The van der Waals surface area contributed by atoms with Crippen LogP contribution < -0.4 is 5.32 Å². The Morgan fingerprint density at radius 1 is 1.38 bits per heavy atom. The molecule has 1 atom stereocenters. The van der Waals surface area contributed by atoms with E-state index in [1.807, 2.05) is 18.2 Å². The lowest BCUT2D eigenvalue weighted by atomic mass is 9.99. The topological polar surface area (TPSA) is 57.5 Å². The summed E-state index contributed by atoms with van der Waals surface area (Å²) in [4.78, 5) is 14.7. The van der Waals surface area contributed by atoms with Gasteiger partial charge in [0.2, 0.25) is 0 Å². The van der Waals surface area contributed by atoms with Crippen LogP contribution in [0.25, 0.3) is 10.9 Å². The second kappa shape index (κ2) is 7.81. The van der Waals surface area contributed by atoms with Gasteiger partial charge in [-0.05, 0) is 56.5 Å². The number of hydrogen-bond donors (Lipinski definition) is 2. The van der Waals surface area contributed by atoms with Gasteiger partial charge in [-0.1, -0.05) is 0 Å². The van der Waals surface area contributed by atoms with Gasteiger partial charge in [-0.25, -0.2) is 0 Å². The molecule has 2 heterocycles. The van der Waals surface area contributed by atoms with Crippen molar-refractivity contribution >= 4 is 16.8 Å². The van der Waals surface area contributed by atoms with Crippen molar-refractivity contribution in [2.24, 2.45) is 5.92 Å². The van der Waals surface area contributed by atoms with E-state index in [0.717, 1.165) is 49.9 Å². The molecule has 1 aromatic heterocycles. The number of benzene rings is 1. The third kappa shape index (κ3) is 3.79. The standard InChI is InChI=1S/C19H27N3O2/c1-2-22-10-7-16-12-17(5-6-18(16)22)19(24)20-8-11-21-9-3-4-15(13-21)14-23/h5-7,10,12,15,23H,2-4,8-9,11,13-14H2,1H3,(H,20,24)/t15-/m0/s1. The molecule has 0 radical (unpaired) electrons. The van der Waals surface area contributed by atoms with Crippen LogP contribution in [0.2, 0.25) is 0 Å². The van der Waals surface area contributed by atoms with Gasteiger partial charge in [0, 0.05) is 55.4 Å². The summed E-state index contributed by atoms with van der Waals surface area (Å²) in [6, 6.07) is 7.93. The lowest BCUT2D eigenvalue weighted by Gasteiger charge is -2.31. The number of hydrogen-bond acceptors (Lipinski definition) is 3. The molecular formula is C19H27N3O2. The highest BCUT2D eigenvalue weighted by molar-refractivity contribution is 5.98. The van der Waals surface area contributed by atoms with Crippen LogP contribution in [0, 0.1) is 5.92 Å². The van der Waals surface area contributed by atoms with E-state index >= 15 is 0 Å². The largest absolute Gasteiger partial charge is 0.396 e. The molecule has 24 heavy (non-hydrogen) atoms. The number of likely N-dealkylation sites (tertiary alicyclic amines) is 1. The van der Waals surface area contributed by atoms with E-state index in [9.17, 15) is 9.90 Å². The van der Waals surface area contributed by atoms with Gasteiger partial charge >= 0.3 is 0 Å². The number of carbonyl (C=O) groups excluding carboxylic acids is 1. The summed E-state index contributed by atoms with van der Waals surface area (Å²) in [5.74, 6) is 0.372. The van der Waals surface area contributed by atoms with Crippen molar-refractivity contribution in [1.82, 2.24) is 14.8 Å². The lowest BCUT2D eigenvalue weighted by Crippen LogP contribution is -2.41. The molecule has 0 aliphatic carbocycles. The predicted octanol–water partition coefficient (Wildman–Crippen LogP) is 2.10. The van der Waals surface area contributed by atoms with Gasteiger partial charge in [-0.3, -0.25) is 4.79 Å². The first-order valence-corrected chi connectivity index (χ1v) is 8.91. The molecule has 0 saturated carbocycles. The minimum Gasteiger partial charge on any atom is -0.396 e.